The lowest BCUT2D eigenvalue weighted by Gasteiger charge is -2.23. The molecule has 2 nitrogen and oxygen atoms in total. The molecule has 0 aromatic rings. The lowest BCUT2D eigenvalue weighted by Crippen LogP contribution is -2.19. The first-order valence-corrected chi connectivity index (χ1v) is 3.79. The van der Waals surface area contributed by atoms with Crippen molar-refractivity contribution in [3.05, 3.63) is 12.3 Å². The summed E-state index contributed by atoms with van der Waals surface area (Å²) in [6, 6.07) is 0. The summed E-state index contributed by atoms with van der Waals surface area (Å²) in [5.41, 5.74) is 0.138. The van der Waals surface area contributed by atoms with Gasteiger partial charge in [0.1, 0.15) is 0 Å². The zero-order valence-electron chi connectivity index (χ0n) is 6.28. The quantitative estimate of drug-likeness (QED) is 0.574. The molecule has 0 amide bonds. The molecular weight excluding hydrogens is 144 g/mol. The van der Waals surface area contributed by atoms with Gasteiger partial charge in [0.05, 0.1) is 0 Å². The van der Waals surface area contributed by atoms with Crippen molar-refractivity contribution in [1.82, 2.24) is 4.41 Å². The molecule has 0 saturated carbocycles. The third-order valence-corrected chi connectivity index (χ3v) is 2.06. The SMILES string of the molecule is CCC1(C)C=CN(S)N=C1. The van der Waals surface area contributed by atoms with E-state index in [2.05, 4.69) is 37.8 Å². The number of allylic oxidation sites excluding steroid dienone is 1. The molecule has 0 saturated heterocycles. The van der Waals surface area contributed by atoms with Gasteiger partial charge in [-0.2, -0.15) is 5.10 Å². The number of thiol groups is 1. The van der Waals surface area contributed by atoms with Gasteiger partial charge >= 0.3 is 0 Å². The van der Waals surface area contributed by atoms with E-state index in [0.717, 1.165) is 6.42 Å². The second-order valence-corrected chi connectivity index (χ2v) is 3.15. The molecule has 0 N–H and O–H groups in total. The van der Waals surface area contributed by atoms with E-state index in [0.29, 0.717) is 0 Å². The molecular formula is C7H12N2S. The van der Waals surface area contributed by atoms with Gasteiger partial charge in [-0.3, -0.25) is 0 Å². The number of hydrazone groups is 1. The number of hydrogen-bond acceptors (Lipinski definition) is 3. The highest BCUT2D eigenvalue weighted by Gasteiger charge is 2.18. The van der Waals surface area contributed by atoms with Crippen LogP contribution in [0.25, 0.3) is 0 Å². The molecule has 10 heavy (non-hydrogen) atoms. The average Bonchev–Trinajstić information content (AvgIpc) is 1.96. The molecule has 1 unspecified atom stereocenters. The topological polar surface area (TPSA) is 15.6 Å². The third kappa shape index (κ3) is 1.53. The van der Waals surface area contributed by atoms with E-state index >= 15 is 0 Å². The van der Waals surface area contributed by atoms with Crippen LogP contribution in [0.2, 0.25) is 0 Å². The molecule has 0 radical (unpaired) electrons. The summed E-state index contributed by atoms with van der Waals surface area (Å²) < 4.78 is 1.51. The lowest BCUT2D eigenvalue weighted by atomic mass is 9.89. The molecule has 0 aromatic carbocycles. The largest absolute Gasteiger partial charge is 0.218 e. The zero-order valence-corrected chi connectivity index (χ0v) is 7.18. The smallest absolute Gasteiger partial charge is 0.0356 e. The van der Waals surface area contributed by atoms with E-state index in [9.17, 15) is 0 Å². The van der Waals surface area contributed by atoms with E-state index in [1.54, 1.807) is 0 Å². The molecule has 1 rings (SSSR count). The van der Waals surface area contributed by atoms with Crippen LogP contribution in [-0.4, -0.2) is 10.6 Å². The predicted molar refractivity (Wildman–Crippen MR) is 46.9 cm³/mol. The first-order valence-electron chi connectivity index (χ1n) is 3.39. The Balaban J connectivity index is 2.69. The van der Waals surface area contributed by atoms with Crippen molar-refractivity contribution in [1.29, 1.82) is 0 Å². The molecule has 0 aliphatic carbocycles. The van der Waals surface area contributed by atoms with Crippen LogP contribution in [0.4, 0.5) is 0 Å². The highest BCUT2D eigenvalue weighted by molar-refractivity contribution is 7.77. The Morgan fingerprint density at radius 3 is 2.80 bits per heavy atom. The standard InChI is InChI=1S/C7H12N2S/c1-3-7(2)4-5-9(10)8-6-7/h4-6,10H,3H2,1-2H3. The summed E-state index contributed by atoms with van der Waals surface area (Å²) in [6.45, 7) is 4.29. The van der Waals surface area contributed by atoms with Gasteiger partial charge in [-0.15, -0.1) is 0 Å². The van der Waals surface area contributed by atoms with E-state index in [1.165, 1.54) is 4.41 Å². The number of rotatable bonds is 1. The van der Waals surface area contributed by atoms with Crippen molar-refractivity contribution in [2.75, 3.05) is 0 Å². The van der Waals surface area contributed by atoms with Gasteiger partial charge in [0.15, 0.2) is 0 Å². The van der Waals surface area contributed by atoms with E-state index in [1.807, 2.05) is 12.4 Å². The number of hydrogen-bond donors (Lipinski definition) is 1. The van der Waals surface area contributed by atoms with Gasteiger partial charge in [0, 0.05) is 17.8 Å². The van der Waals surface area contributed by atoms with Crippen LogP contribution < -0.4 is 0 Å². The van der Waals surface area contributed by atoms with Gasteiger partial charge < -0.3 is 0 Å². The average molecular weight is 156 g/mol. The molecule has 56 valence electrons. The highest BCUT2D eigenvalue weighted by Crippen LogP contribution is 2.23. The van der Waals surface area contributed by atoms with Crippen molar-refractivity contribution in [2.24, 2.45) is 10.5 Å². The monoisotopic (exact) mass is 156 g/mol. The van der Waals surface area contributed by atoms with E-state index in [4.69, 9.17) is 0 Å². The van der Waals surface area contributed by atoms with Gasteiger partial charge in [-0.25, -0.2) is 4.41 Å². The summed E-state index contributed by atoms with van der Waals surface area (Å²) in [5.74, 6) is 0. The molecule has 0 spiro atoms. The van der Waals surface area contributed by atoms with Crippen molar-refractivity contribution >= 4 is 19.0 Å². The van der Waals surface area contributed by atoms with Gasteiger partial charge in [0.2, 0.25) is 0 Å². The number of nitrogens with zero attached hydrogens (tertiary/aromatic N) is 2. The Bertz CT molecular complexity index is 160. The fraction of sp³-hybridized carbons (Fsp3) is 0.571. The first kappa shape index (κ1) is 7.66. The molecule has 0 bridgehead atoms. The van der Waals surface area contributed by atoms with Gasteiger partial charge in [0.25, 0.3) is 0 Å². The van der Waals surface area contributed by atoms with Crippen molar-refractivity contribution in [3.63, 3.8) is 0 Å². The molecule has 1 heterocycles. The summed E-state index contributed by atoms with van der Waals surface area (Å²) in [7, 11) is 0. The minimum Gasteiger partial charge on any atom is -0.218 e. The molecule has 0 aromatic heterocycles. The fourth-order valence-corrected chi connectivity index (χ4v) is 0.837. The summed E-state index contributed by atoms with van der Waals surface area (Å²) in [6.07, 6.45) is 6.97. The summed E-state index contributed by atoms with van der Waals surface area (Å²) >= 11 is 4.03. The molecule has 1 atom stereocenters. The van der Waals surface area contributed by atoms with Crippen LogP contribution in [-0.2, 0) is 0 Å². The van der Waals surface area contributed by atoms with E-state index in [-0.39, 0.29) is 5.41 Å². The molecule has 1 aliphatic rings. The first-order chi connectivity index (χ1) is 4.66. The minimum absolute atomic E-state index is 0.138. The Morgan fingerprint density at radius 1 is 1.70 bits per heavy atom. The molecule has 1 aliphatic heterocycles. The van der Waals surface area contributed by atoms with E-state index < -0.39 is 0 Å². The Kier molecular flexibility index (Phi) is 2.04. The molecule has 3 heteroatoms. The van der Waals surface area contributed by atoms with Crippen molar-refractivity contribution in [2.45, 2.75) is 20.3 Å². The normalized spacial score (nSPS) is 31.3. The lowest BCUT2D eigenvalue weighted by molar-refractivity contribution is 0.532. The maximum absolute atomic E-state index is 4.04. The summed E-state index contributed by atoms with van der Waals surface area (Å²) in [5, 5.41) is 4.04. The van der Waals surface area contributed by atoms with Crippen molar-refractivity contribution < 1.29 is 0 Å². The fourth-order valence-electron chi connectivity index (χ4n) is 0.719. The van der Waals surface area contributed by atoms with Gasteiger partial charge in [-0.05, 0) is 19.2 Å². The Labute approximate surface area is 67.1 Å². The zero-order chi connectivity index (χ0) is 7.61. The van der Waals surface area contributed by atoms with Crippen LogP contribution in [0.5, 0.6) is 0 Å². The van der Waals surface area contributed by atoms with Crippen LogP contribution in [0, 0.1) is 5.41 Å². The molecule has 0 fully saturated rings. The Morgan fingerprint density at radius 2 is 2.40 bits per heavy atom. The second kappa shape index (κ2) is 2.66. The van der Waals surface area contributed by atoms with Crippen LogP contribution in [0.15, 0.2) is 17.4 Å². The van der Waals surface area contributed by atoms with Crippen molar-refractivity contribution in [3.8, 4) is 0 Å². The van der Waals surface area contributed by atoms with Gasteiger partial charge in [-0.1, -0.05) is 19.9 Å². The maximum atomic E-state index is 4.04. The summed E-state index contributed by atoms with van der Waals surface area (Å²) in [4.78, 5) is 0. The third-order valence-electron chi connectivity index (χ3n) is 1.82. The minimum atomic E-state index is 0.138. The van der Waals surface area contributed by atoms with Crippen LogP contribution in [0.3, 0.4) is 0 Å². The van der Waals surface area contributed by atoms with Crippen LogP contribution >= 0.6 is 12.8 Å². The Hall–Kier alpha value is -0.440. The van der Waals surface area contributed by atoms with Crippen LogP contribution in [0.1, 0.15) is 20.3 Å². The predicted octanol–water partition coefficient (Wildman–Crippen LogP) is 2.06. The maximum Gasteiger partial charge on any atom is 0.0356 e. The second-order valence-electron chi connectivity index (χ2n) is 2.74. The highest BCUT2D eigenvalue weighted by atomic mass is 32.1.